The fourth-order valence-electron chi connectivity index (χ4n) is 1.64. The molecule has 0 bridgehead atoms. The number of methoxy groups -OCH3 is 1. The monoisotopic (exact) mass is 282 g/mol. The van der Waals surface area contributed by atoms with E-state index in [9.17, 15) is 0 Å². The van der Waals surface area contributed by atoms with Crippen molar-refractivity contribution in [1.29, 1.82) is 0 Å². The third-order valence-corrected chi connectivity index (χ3v) is 2.67. The number of hydrogen-bond donors (Lipinski definition) is 2. The van der Waals surface area contributed by atoms with Crippen molar-refractivity contribution in [1.82, 2.24) is 0 Å². The molecule has 112 valence electrons. The Labute approximate surface area is 119 Å². The second-order valence-electron chi connectivity index (χ2n) is 4.15. The van der Waals surface area contributed by atoms with Gasteiger partial charge < -0.3 is 25.2 Å². The van der Waals surface area contributed by atoms with Crippen molar-refractivity contribution in [2.24, 2.45) is 10.9 Å². The van der Waals surface area contributed by atoms with Gasteiger partial charge in [0.15, 0.2) is 5.84 Å². The molecule has 0 aliphatic carbocycles. The maximum absolute atomic E-state index is 8.72. The van der Waals surface area contributed by atoms with Gasteiger partial charge in [0, 0.05) is 25.9 Å². The van der Waals surface area contributed by atoms with Crippen molar-refractivity contribution in [3.05, 3.63) is 35.4 Å². The van der Waals surface area contributed by atoms with E-state index < -0.39 is 0 Å². The zero-order chi connectivity index (χ0) is 14.6. The Kier molecular flexibility index (Phi) is 8.37. The lowest BCUT2D eigenvalue weighted by atomic mass is 10.1. The molecule has 3 N–H and O–H groups in total. The summed E-state index contributed by atoms with van der Waals surface area (Å²) in [5, 5.41) is 11.7. The van der Waals surface area contributed by atoms with E-state index in [1.165, 1.54) is 0 Å². The van der Waals surface area contributed by atoms with Crippen LogP contribution < -0.4 is 5.73 Å². The van der Waals surface area contributed by atoms with Gasteiger partial charge in [0.05, 0.1) is 19.8 Å². The number of nitrogens with two attached hydrogens (primary N) is 1. The molecule has 0 spiro atoms. The summed E-state index contributed by atoms with van der Waals surface area (Å²) in [7, 11) is 1.64. The van der Waals surface area contributed by atoms with Crippen LogP contribution in [-0.2, 0) is 20.8 Å². The molecule has 1 rings (SSSR count). The summed E-state index contributed by atoms with van der Waals surface area (Å²) < 4.78 is 15.8. The van der Waals surface area contributed by atoms with Crippen LogP contribution in [0.25, 0.3) is 0 Å². The molecule has 0 atom stereocenters. The summed E-state index contributed by atoms with van der Waals surface area (Å²) in [6, 6.07) is 7.41. The van der Waals surface area contributed by atoms with E-state index in [4.69, 9.17) is 25.2 Å². The molecular formula is C14H22N2O4. The standard InChI is InChI=1S/C14H22N2O4/c1-18-9-10-19-7-4-8-20-11-12-5-2-3-6-13(12)14(15)16-17/h2-3,5-6,17H,4,7-11H2,1H3,(H2,15,16). The van der Waals surface area contributed by atoms with Crippen LogP contribution >= 0.6 is 0 Å². The van der Waals surface area contributed by atoms with Crippen LogP contribution in [0.15, 0.2) is 29.4 Å². The second-order valence-corrected chi connectivity index (χ2v) is 4.15. The number of benzene rings is 1. The van der Waals surface area contributed by atoms with Crippen LogP contribution in [0.4, 0.5) is 0 Å². The van der Waals surface area contributed by atoms with E-state index in [-0.39, 0.29) is 5.84 Å². The molecule has 0 fully saturated rings. The van der Waals surface area contributed by atoms with E-state index in [2.05, 4.69) is 5.16 Å². The minimum atomic E-state index is 0.0899. The summed E-state index contributed by atoms with van der Waals surface area (Å²) in [6.45, 7) is 2.87. The molecule has 0 unspecified atom stereocenters. The predicted molar refractivity (Wildman–Crippen MR) is 75.9 cm³/mol. The van der Waals surface area contributed by atoms with Crippen molar-refractivity contribution >= 4 is 5.84 Å². The molecule has 0 saturated carbocycles. The molecular weight excluding hydrogens is 260 g/mol. The Balaban J connectivity index is 2.25. The summed E-state index contributed by atoms with van der Waals surface area (Å²) in [5.74, 6) is 0.0899. The minimum absolute atomic E-state index is 0.0899. The zero-order valence-electron chi connectivity index (χ0n) is 11.7. The average Bonchev–Trinajstić information content (AvgIpc) is 2.49. The molecule has 6 nitrogen and oxygen atoms in total. The first-order valence-electron chi connectivity index (χ1n) is 6.49. The van der Waals surface area contributed by atoms with Crippen molar-refractivity contribution in [2.45, 2.75) is 13.0 Å². The van der Waals surface area contributed by atoms with Crippen molar-refractivity contribution < 1.29 is 19.4 Å². The van der Waals surface area contributed by atoms with Gasteiger partial charge >= 0.3 is 0 Å². The van der Waals surface area contributed by atoms with Gasteiger partial charge in [0.2, 0.25) is 0 Å². The normalized spacial score (nSPS) is 11.8. The fourth-order valence-corrected chi connectivity index (χ4v) is 1.64. The third kappa shape index (κ3) is 6.01. The maximum atomic E-state index is 8.72. The molecule has 0 aromatic heterocycles. The highest BCUT2D eigenvalue weighted by molar-refractivity contribution is 5.98. The maximum Gasteiger partial charge on any atom is 0.170 e. The van der Waals surface area contributed by atoms with Gasteiger partial charge in [0.1, 0.15) is 0 Å². The Hall–Kier alpha value is -1.63. The summed E-state index contributed by atoms with van der Waals surface area (Å²) in [6.07, 6.45) is 0.815. The molecule has 0 radical (unpaired) electrons. The van der Waals surface area contributed by atoms with Crippen LogP contribution in [0.3, 0.4) is 0 Å². The molecule has 0 saturated heterocycles. The summed E-state index contributed by atoms with van der Waals surface area (Å²) in [5.41, 5.74) is 7.18. The second kappa shape index (κ2) is 10.2. The summed E-state index contributed by atoms with van der Waals surface area (Å²) in [4.78, 5) is 0. The topological polar surface area (TPSA) is 86.3 Å². The molecule has 0 amide bonds. The first-order valence-corrected chi connectivity index (χ1v) is 6.49. The number of hydrogen-bond acceptors (Lipinski definition) is 5. The lowest BCUT2D eigenvalue weighted by Crippen LogP contribution is -2.16. The van der Waals surface area contributed by atoms with Gasteiger partial charge in [-0.15, -0.1) is 0 Å². The Morgan fingerprint density at radius 3 is 2.65 bits per heavy atom. The zero-order valence-corrected chi connectivity index (χ0v) is 11.7. The quantitative estimate of drug-likeness (QED) is 0.222. The van der Waals surface area contributed by atoms with Crippen molar-refractivity contribution in [3.8, 4) is 0 Å². The first kappa shape index (κ1) is 16.4. The van der Waals surface area contributed by atoms with Crippen LogP contribution in [0.1, 0.15) is 17.5 Å². The van der Waals surface area contributed by atoms with Gasteiger partial charge in [0.25, 0.3) is 0 Å². The number of rotatable bonds is 10. The Morgan fingerprint density at radius 1 is 1.15 bits per heavy atom. The highest BCUT2D eigenvalue weighted by Gasteiger charge is 2.05. The fraction of sp³-hybridized carbons (Fsp3) is 0.500. The van der Waals surface area contributed by atoms with Crippen molar-refractivity contribution in [3.63, 3.8) is 0 Å². The molecule has 6 heteroatoms. The van der Waals surface area contributed by atoms with Gasteiger partial charge in [-0.3, -0.25) is 0 Å². The van der Waals surface area contributed by atoms with E-state index >= 15 is 0 Å². The van der Waals surface area contributed by atoms with Crippen LogP contribution in [0.5, 0.6) is 0 Å². The largest absolute Gasteiger partial charge is 0.409 e. The molecule has 20 heavy (non-hydrogen) atoms. The van der Waals surface area contributed by atoms with Gasteiger partial charge in [-0.05, 0) is 12.0 Å². The van der Waals surface area contributed by atoms with Gasteiger partial charge in [-0.2, -0.15) is 0 Å². The van der Waals surface area contributed by atoms with Crippen LogP contribution in [0, 0.1) is 0 Å². The highest BCUT2D eigenvalue weighted by atomic mass is 16.5. The number of ether oxygens (including phenoxy) is 3. The van der Waals surface area contributed by atoms with Crippen molar-refractivity contribution in [2.75, 3.05) is 33.5 Å². The van der Waals surface area contributed by atoms with E-state index in [1.54, 1.807) is 13.2 Å². The molecule has 0 aliphatic heterocycles. The van der Waals surface area contributed by atoms with Crippen LogP contribution in [0.2, 0.25) is 0 Å². The Bertz CT molecular complexity index is 410. The average molecular weight is 282 g/mol. The lowest BCUT2D eigenvalue weighted by molar-refractivity contribution is 0.0483. The molecule has 1 aromatic carbocycles. The summed E-state index contributed by atoms with van der Waals surface area (Å²) >= 11 is 0. The number of oxime groups is 1. The Morgan fingerprint density at radius 2 is 1.90 bits per heavy atom. The number of amidine groups is 1. The molecule has 1 aromatic rings. The van der Waals surface area contributed by atoms with E-state index in [1.807, 2.05) is 18.2 Å². The SMILES string of the molecule is COCCOCCCOCc1ccccc1/C(N)=N/O. The highest BCUT2D eigenvalue weighted by Crippen LogP contribution is 2.10. The minimum Gasteiger partial charge on any atom is -0.409 e. The molecule has 0 aliphatic rings. The lowest BCUT2D eigenvalue weighted by Gasteiger charge is -2.09. The predicted octanol–water partition coefficient (Wildman–Crippen LogP) is 1.35. The van der Waals surface area contributed by atoms with Crippen LogP contribution in [-0.4, -0.2) is 44.6 Å². The van der Waals surface area contributed by atoms with E-state index in [0.717, 1.165) is 12.0 Å². The number of nitrogens with zero attached hydrogens (tertiary/aromatic N) is 1. The van der Waals surface area contributed by atoms with Gasteiger partial charge in [-0.25, -0.2) is 0 Å². The third-order valence-electron chi connectivity index (χ3n) is 2.67. The van der Waals surface area contributed by atoms with E-state index in [0.29, 0.717) is 38.6 Å². The molecule has 0 heterocycles. The van der Waals surface area contributed by atoms with Gasteiger partial charge in [-0.1, -0.05) is 29.4 Å². The first-order chi connectivity index (χ1) is 9.79. The smallest absolute Gasteiger partial charge is 0.170 e.